The van der Waals surface area contributed by atoms with Gasteiger partial charge in [-0.3, -0.25) is 4.90 Å². The smallest absolute Gasteiger partial charge is 0.338 e. The van der Waals surface area contributed by atoms with Crippen LogP contribution in [0.3, 0.4) is 0 Å². The summed E-state index contributed by atoms with van der Waals surface area (Å²) in [5.41, 5.74) is 10.9. The fourth-order valence-electron chi connectivity index (χ4n) is 6.38. The Bertz CT molecular complexity index is 1610. The molecule has 2 aliphatic rings. The van der Waals surface area contributed by atoms with Crippen LogP contribution in [0.25, 0.3) is 0 Å². The molecule has 0 saturated carbocycles. The number of benzene rings is 3. The Kier molecular flexibility index (Phi) is 11.5. The van der Waals surface area contributed by atoms with E-state index < -0.39 is 17.9 Å². The van der Waals surface area contributed by atoms with Gasteiger partial charge in [0.1, 0.15) is 12.4 Å². The van der Waals surface area contributed by atoms with Crippen LogP contribution >= 0.6 is 0 Å². The third kappa shape index (κ3) is 7.92. The molecule has 9 heteroatoms. The summed E-state index contributed by atoms with van der Waals surface area (Å²) in [7, 11) is 1.52. The summed E-state index contributed by atoms with van der Waals surface area (Å²) in [6, 6.07) is 28.3. The van der Waals surface area contributed by atoms with Crippen LogP contribution < -0.4 is 16.4 Å². The summed E-state index contributed by atoms with van der Waals surface area (Å²) in [6.45, 7) is 4.63. The second kappa shape index (κ2) is 16.1. The van der Waals surface area contributed by atoms with Crippen molar-refractivity contribution in [2.75, 3.05) is 46.6 Å². The maximum Gasteiger partial charge on any atom is 0.338 e. The highest BCUT2D eigenvalue weighted by Gasteiger charge is 2.39. The van der Waals surface area contributed by atoms with Gasteiger partial charge in [-0.2, -0.15) is 0 Å². The largest absolute Gasteiger partial charge is 0.462 e. The first-order chi connectivity index (χ1) is 22.9. The van der Waals surface area contributed by atoms with E-state index in [1.54, 1.807) is 25.1 Å². The number of allylic oxidation sites excluding steroid dienone is 1. The first-order valence-electron chi connectivity index (χ1n) is 15.9. The van der Waals surface area contributed by atoms with Gasteiger partial charge < -0.3 is 30.6 Å². The van der Waals surface area contributed by atoms with E-state index in [9.17, 15) is 9.59 Å². The normalized spacial score (nSPS) is 18.4. The number of hydrogen-bond acceptors (Lipinski definition) is 9. The lowest BCUT2D eigenvalue weighted by molar-refractivity contribution is -0.141. The average Bonchev–Trinajstić information content (AvgIpc) is 3.09. The van der Waals surface area contributed by atoms with Crippen molar-refractivity contribution < 1.29 is 23.8 Å². The number of nitrogens with one attached hydrogen (secondary N) is 2. The monoisotopic (exact) mass is 634 g/mol. The molecule has 0 aliphatic carbocycles. The van der Waals surface area contributed by atoms with Gasteiger partial charge in [0.15, 0.2) is 0 Å². The molecule has 4 N–H and O–H groups in total. The molecule has 3 aromatic carbocycles. The Labute approximate surface area is 276 Å². The molecule has 0 amide bonds. The Morgan fingerprint density at radius 2 is 1.60 bits per heavy atom. The Morgan fingerprint density at radius 3 is 2.26 bits per heavy atom. The van der Waals surface area contributed by atoms with Crippen molar-refractivity contribution in [2.45, 2.75) is 31.3 Å². The van der Waals surface area contributed by atoms with Gasteiger partial charge in [0.05, 0.1) is 36.3 Å². The second-order valence-electron chi connectivity index (χ2n) is 11.6. The predicted molar refractivity (Wildman–Crippen MR) is 181 cm³/mol. The lowest BCUT2D eigenvalue weighted by Gasteiger charge is -2.42. The summed E-state index contributed by atoms with van der Waals surface area (Å²) in [6.07, 6.45) is 6.31. The molecule has 244 valence electrons. The van der Waals surface area contributed by atoms with Gasteiger partial charge in [0.25, 0.3) is 0 Å². The fraction of sp³-hybridized carbons (Fsp3) is 0.316. The first-order valence-corrected chi connectivity index (χ1v) is 15.9. The molecule has 2 unspecified atom stereocenters. The van der Waals surface area contributed by atoms with E-state index in [1.807, 2.05) is 18.2 Å². The highest BCUT2D eigenvalue weighted by Crippen LogP contribution is 2.39. The number of nitrogens with zero attached hydrogens (tertiary/aromatic N) is 1. The summed E-state index contributed by atoms with van der Waals surface area (Å²) in [4.78, 5) is 29.8. The van der Waals surface area contributed by atoms with Gasteiger partial charge in [-0.05, 0) is 42.2 Å². The molecule has 0 aromatic heterocycles. The second-order valence-corrected chi connectivity index (χ2v) is 11.6. The number of terminal acetylenes is 1. The molecule has 2 atom stereocenters. The summed E-state index contributed by atoms with van der Waals surface area (Å²) in [5, 5.41) is 6.52. The maximum absolute atomic E-state index is 14.0. The number of nitrogens with two attached hydrogens (primary N) is 1. The van der Waals surface area contributed by atoms with Crippen LogP contribution in [0.4, 0.5) is 0 Å². The van der Waals surface area contributed by atoms with E-state index >= 15 is 0 Å². The Balaban J connectivity index is 1.37. The fourth-order valence-corrected chi connectivity index (χ4v) is 6.38. The molecule has 1 fully saturated rings. The van der Waals surface area contributed by atoms with E-state index in [0.717, 1.165) is 19.6 Å². The van der Waals surface area contributed by atoms with Gasteiger partial charge in [0.2, 0.25) is 0 Å². The molecule has 0 bridgehead atoms. The number of hydrogen-bond donors (Lipinski definition) is 3. The van der Waals surface area contributed by atoms with Crippen molar-refractivity contribution >= 4 is 11.9 Å². The number of carbonyl (C=O) groups is 2. The third-order valence-corrected chi connectivity index (χ3v) is 8.58. The van der Waals surface area contributed by atoms with Crippen molar-refractivity contribution in [3.63, 3.8) is 0 Å². The molecule has 0 spiro atoms. The van der Waals surface area contributed by atoms with E-state index in [-0.39, 0.29) is 48.9 Å². The van der Waals surface area contributed by atoms with Crippen molar-refractivity contribution in [1.82, 2.24) is 15.5 Å². The quantitative estimate of drug-likeness (QED) is 0.155. The zero-order chi connectivity index (χ0) is 33.2. The molecule has 3 aromatic rings. The molecule has 47 heavy (non-hydrogen) atoms. The van der Waals surface area contributed by atoms with Crippen LogP contribution in [0.5, 0.6) is 0 Å². The van der Waals surface area contributed by atoms with Crippen LogP contribution in [-0.2, 0) is 23.8 Å². The number of dihydropyridines is 1. The van der Waals surface area contributed by atoms with Gasteiger partial charge >= 0.3 is 11.9 Å². The third-order valence-electron chi connectivity index (χ3n) is 8.58. The first kappa shape index (κ1) is 33.5. The Morgan fingerprint density at radius 1 is 0.936 bits per heavy atom. The molecule has 9 nitrogen and oxygen atoms in total. The highest BCUT2D eigenvalue weighted by molar-refractivity contribution is 5.99. The number of carbonyl (C=O) groups excluding carboxylic acids is 2. The molecule has 1 saturated heterocycles. The molecule has 2 heterocycles. The van der Waals surface area contributed by atoms with Crippen LogP contribution in [0.2, 0.25) is 0 Å². The minimum Gasteiger partial charge on any atom is -0.462 e. The highest BCUT2D eigenvalue weighted by atomic mass is 16.6. The number of methoxy groups -OCH3 is 1. The number of rotatable bonds is 12. The van der Waals surface area contributed by atoms with E-state index in [0.29, 0.717) is 23.2 Å². The molecule has 5 rings (SSSR count). The molecular formula is C38H42N4O5. The van der Waals surface area contributed by atoms with E-state index in [2.05, 4.69) is 70.0 Å². The lowest BCUT2D eigenvalue weighted by Crippen LogP contribution is -2.53. The maximum atomic E-state index is 14.0. The number of ether oxygens (including phenoxy) is 3. The van der Waals surface area contributed by atoms with Crippen LogP contribution in [0, 0.1) is 12.3 Å². The summed E-state index contributed by atoms with van der Waals surface area (Å²) < 4.78 is 16.5. The van der Waals surface area contributed by atoms with Crippen molar-refractivity contribution in [3.8, 4) is 12.3 Å². The van der Waals surface area contributed by atoms with Gasteiger partial charge in [0, 0.05) is 44.0 Å². The lowest BCUT2D eigenvalue weighted by atomic mass is 9.81. The average molecular weight is 635 g/mol. The van der Waals surface area contributed by atoms with E-state index in [1.165, 1.54) is 18.2 Å². The van der Waals surface area contributed by atoms with E-state index in [4.69, 9.17) is 26.4 Å². The predicted octanol–water partition coefficient (Wildman–Crippen LogP) is 3.99. The van der Waals surface area contributed by atoms with Gasteiger partial charge in [-0.1, -0.05) is 78.7 Å². The number of esters is 2. The minimum atomic E-state index is -0.847. The topological polar surface area (TPSA) is 115 Å². The zero-order valence-electron chi connectivity index (χ0n) is 26.9. The molecule has 0 radical (unpaired) electrons. The van der Waals surface area contributed by atoms with Crippen molar-refractivity contribution in [2.24, 2.45) is 5.73 Å². The van der Waals surface area contributed by atoms with Gasteiger partial charge in [-0.15, -0.1) is 6.42 Å². The SMILES string of the molecule is C#Cc1cccc(C2C(C(=O)OCCC3CNCCN3C(c3ccccc3)c3ccccc3)=C(C)NC(N)=C2C(=O)OCCOC)c1. The van der Waals surface area contributed by atoms with Crippen molar-refractivity contribution in [1.29, 1.82) is 0 Å². The van der Waals surface area contributed by atoms with Crippen LogP contribution in [0.1, 0.15) is 47.6 Å². The van der Waals surface area contributed by atoms with Crippen LogP contribution in [0.15, 0.2) is 108 Å². The van der Waals surface area contributed by atoms with Crippen LogP contribution in [-0.4, -0.2) is 69.4 Å². The standard InChI is InChI=1S/C38H42N4O5/c1-4-27-12-11-17-30(24-27)33-32(26(2)41-36(39)34(33)38(44)47-23-22-45-3)37(43)46-21-18-31-25-40-19-20-42(31)35(28-13-7-5-8-14-28)29-15-9-6-10-16-29/h1,5-17,24,31,33,35,40-41H,18-23,25,39H2,2-3H3. The summed E-state index contributed by atoms with van der Waals surface area (Å²) in [5.74, 6) is 0.689. The summed E-state index contributed by atoms with van der Waals surface area (Å²) >= 11 is 0. The molecule has 2 aliphatic heterocycles. The number of piperazine rings is 1. The Hall–Kier alpha value is -4.88. The van der Waals surface area contributed by atoms with Crippen molar-refractivity contribution in [3.05, 3.63) is 130 Å². The molecular weight excluding hydrogens is 592 g/mol. The minimum absolute atomic E-state index is 0.0323. The zero-order valence-corrected chi connectivity index (χ0v) is 26.9. The van der Waals surface area contributed by atoms with Gasteiger partial charge in [-0.25, -0.2) is 9.59 Å².